The lowest BCUT2D eigenvalue weighted by atomic mass is 10.2. The first-order valence-corrected chi connectivity index (χ1v) is 7.94. The molecule has 0 saturated carbocycles. The number of nitro benzene ring substituents is 1. The van der Waals surface area contributed by atoms with Gasteiger partial charge in [0.05, 0.1) is 23.1 Å². The lowest BCUT2D eigenvalue weighted by molar-refractivity contribution is -0.384. The van der Waals surface area contributed by atoms with Crippen molar-refractivity contribution in [1.82, 2.24) is 4.31 Å². The minimum atomic E-state index is -4.06. The molecular formula is C10H9BrN2O6S. The summed E-state index contributed by atoms with van der Waals surface area (Å²) >= 11 is 2.97. The molecule has 1 aliphatic heterocycles. The molecule has 1 atom stereocenters. The number of aliphatic hydroxyl groups excluding tert-OH is 1. The van der Waals surface area contributed by atoms with Crippen LogP contribution in [0.3, 0.4) is 0 Å². The van der Waals surface area contributed by atoms with Gasteiger partial charge in [-0.2, -0.15) is 0 Å². The Hall–Kier alpha value is -1.52. The molecular weight excluding hydrogens is 356 g/mol. The average molecular weight is 365 g/mol. The summed E-state index contributed by atoms with van der Waals surface area (Å²) in [4.78, 5) is 21.7. The molecule has 0 aliphatic carbocycles. The van der Waals surface area contributed by atoms with E-state index in [-0.39, 0.29) is 21.5 Å². The van der Waals surface area contributed by atoms with Crippen molar-refractivity contribution in [3.63, 3.8) is 0 Å². The number of alkyl halides is 1. The first-order valence-electron chi connectivity index (χ1n) is 5.38. The molecule has 0 fully saturated rings. The minimum absolute atomic E-state index is 0.1000. The zero-order valence-corrected chi connectivity index (χ0v) is 12.3. The number of aliphatic hydroxyl groups is 1. The SMILES string of the molecule is O=C1c2cc([N+](=O)[O-])ccc2S(=O)(=O)N1CC(O)CBr. The number of fused-ring (bicyclic) bond motifs is 1. The summed E-state index contributed by atoms with van der Waals surface area (Å²) in [6, 6.07) is 2.98. The number of sulfonamides is 1. The normalized spacial score (nSPS) is 17.9. The molecule has 108 valence electrons. The number of hydrogen-bond donors (Lipinski definition) is 1. The van der Waals surface area contributed by atoms with E-state index < -0.39 is 33.5 Å². The Bertz CT molecular complexity index is 689. The van der Waals surface area contributed by atoms with E-state index in [1.54, 1.807) is 0 Å². The van der Waals surface area contributed by atoms with Gasteiger partial charge in [0.25, 0.3) is 21.6 Å². The van der Waals surface area contributed by atoms with Crippen molar-refractivity contribution in [2.45, 2.75) is 11.0 Å². The molecule has 0 bridgehead atoms. The Kier molecular flexibility index (Phi) is 3.80. The van der Waals surface area contributed by atoms with Crippen LogP contribution in [0.25, 0.3) is 0 Å². The summed E-state index contributed by atoms with van der Waals surface area (Å²) in [5, 5.41) is 20.2. The molecule has 0 radical (unpaired) electrons. The van der Waals surface area contributed by atoms with Crippen molar-refractivity contribution < 1.29 is 23.2 Å². The number of carbonyl (C=O) groups excluding carboxylic acids is 1. The third kappa shape index (κ3) is 2.30. The van der Waals surface area contributed by atoms with Gasteiger partial charge in [-0.1, -0.05) is 15.9 Å². The summed E-state index contributed by atoms with van der Waals surface area (Å²) in [5.41, 5.74) is -0.615. The highest BCUT2D eigenvalue weighted by Crippen LogP contribution is 2.32. The first-order chi connectivity index (χ1) is 9.28. The van der Waals surface area contributed by atoms with Gasteiger partial charge in [-0.05, 0) is 6.07 Å². The lowest BCUT2D eigenvalue weighted by Crippen LogP contribution is -2.37. The number of halogens is 1. The monoisotopic (exact) mass is 364 g/mol. The molecule has 1 aromatic rings. The zero-order valence-electron chi connectivity index (χ0n) is 9.89. The van der Waals surface area contributed by atoms with Crippen LogP contribution in [0.5, 0.6) is 0 Å². The van der Waals surface area contributed by atoms with Gasteiger partial charge in [-0.25, -0.2) is 12.7 Å². The predicted molar refractivity (Wildman–Crippen MR) is 71.1 cm³/mol. The van der Waals surface area contributed by atoms with Crippen LogP contribution in [-0.2, 0) is 10.0 Å². The number of amides is 1. The Labute approximate surface area is 122 Å². The van der Waals surface area contributed by atoms with Gasteiger partial charge in [0, 0.05) is 17.5 Å². The molecule has 1 amide bonds. The molecule has 1 aromatic carbocycles. The number of non-ortho nitro benzene ring substituents is 1. The van der Waals surface area contributed by atoms with Crippen molar-refractivity contribution in [2.24, 2.45) is 0 Å². The molecule has 0 spiro atoms. The van der Waals surface area contributed by atoms with Gasteiger partial charge in [-0.15, -0.1) is 0 Å². The minimum Gasteiger partial charge on any atom is -0.390 e. The summed E-state index contributed by atoms with van der Waals surface area (Å²) in [5.74, 6) is -0.872. The van der Waals surface area contributed by atoms with E-state index in [2.05, 4.69) is 15.9 Å². The molecule has 0 saturated heterocycles. The third-order valence-corrected chi connectivity index (χ3v) is 5.31. The smallest absolute Gasteiger partial charge is 0.270 e. The molecule has 8 nitrogen and oxygen atoms in total. The molecule has 1 N–H and O–H groups in total. The highest BCUT2D eigenvalue weighted by molar-refractivity contribution is 9.09. The van der Waals surface area contributed by atoms with Crippen LogP contribution < -0.4 is 0 Å². The quantitative estimate of drug-likeness (QED) is 0.472. The Morgan fingerprint density at radius 3 is 2.65 bits per heavy atom. The zero-order chi connectivity index (χ0) is 15.1. The number of rotatable bonds is 4. The molecule has 10 heteroatoms. The fraction of sp³-hybridized carbons (Fsp3) is 0.300. The Morgan fingerprint density at radius 2 is 2.10 bits per heavy atom. The lowest BCUT2D eigenvalue weighted by Gasteiger charge is -2.17. The summed E-state index contributed by atoms with van der Waals surface area (Å²) in [6.45, 7) is -0.408. The van der Waals surface area contributed by atoms with Crippen LogP contribution in [0, 0.1) is 10.1 Å². The topological polar surface area (TPSA) is 118 Å². The van der Waals surface area contributed by atoms with Crippen molar-refractivity contribution in [3.8, 4) is 0 Å². The highest BCUT2D eigenvalue weighted by Gasteiger charge is 2.42. The Balaban J connectivity index is 2.50. The number of β-amino-alcohol motifs (C(OH)–C–C–N with tert-alkyl or cyclic N) is 1. The third-order valence-electron chi connectivity index (χ3n) is 2.75. The van der Waals surface area contributed by atoms with Crippen LogP contribution in [0.1, 0.15) is 10.4 Å². The van der Waals surface area contributed by atoms with Crippen LogP contribution in [0.15, 0.2) is 23.1 Å². The number of nitrogens with zero attached hydrogens (tertiary/aromatic N) is 2. The molecule has 2 rings (SSSR count). The standard InChI is InChI=1S/C10H9BrN2O6S/c11-4-7(14)5-12-10(15)8-3-6(13(16)17)1-2-9(8)20(12,18)19/h1-3,7,14H,4-5H2. The number of nitro groups is 1. The van der Waals surface area contributed by atoms with Gasteiger partial charge in [0.15, 0.2) is 0 Å². The number of hydrogen-bond acceptors (Lipinski definition) is 6. The van der Waals surface area contributed by atoms with Gasteiger partial charge in [0.1, 0.15) is 4.90 Å². The van der Waals surface area contributed by atoms with E-state index in [1.165, 1.54) is 0 Å². The largest absolute Gasteiger partial charge is 0.390 e. The molecule has 1 heterocycles. The van der Waals surface area contributed by atoms with Gasteiger partial charge >= 0.3 is 0 Å². The van der Waals surface area contributed by atoms with Crippen LogP contribution in [0.4, 0.5) is 5.69 Å². The van der Waals surface area contributed by atoms with Crippen molar-refractivity contribution >= 4 is 37.5 Å². The second-order valence-electron chi connectivity index (χ2n) is 4.09. The van der Waals surface area contributed by atoms with Crippen LogP contribution in [0.2, 0.25) is 0 Å². The van der Waals surface area contributed by atoms with E-state index in [0.717, 1.165) is 18.2 Å². The van der Waals surface area contributed by atoms with E-state index in [1.807, 2.05) is 0 Å². The van der Waals surface area contributed by atoms with E-state index in [9.17, 15) is 28.4 Å². The van der Waals surface area contributed by atoms with Crippen molar-refractivity contribution in [3.05, 3.63) is 33.9 Å². The fourth-order valence-corrected chi connectivity index (χ4v) is 3.60. The summed E-state index contributed by atoms with van der Waals surface area (Å²) < 4.78 is 24.8. The summed E-state index contributed by atoms with van der Waals surface area (Å²) in [7, 11) is -4.06. The molecule has 1 aliphatic rings. The fourth-order valence-electron chi connectivity index (χ4n) is 1.81. The van der Waals surface area contributed by atoms with Crippen molar-refractivity contribution in [2.75, 3.05) is 11.9 Å². The van der Waals surface area contributed by atoms with Crippen LogP contribution in [-0.4, -0.2) is 46.6 Å². The average Bonchev–Trinajstić information content (AvgIpc) is 2.59. The molecule has 0 aromatic heterocycles. The van der Waals surface area contributed by atoms with Crippen LogP contribution >= 0.6 is 15.9 Å². The molecule has 20 heavy (non-hydrogen) atoms. The maximum absolute atomic E-state index is 12.1. The number of benzene rings is 1. The second kappa shape index (κ2) is 5.11. The van der Waals surface area contributed by atoms with Gasteiger partial charge < -0.3 is 5.11 Å². The first kappa shape index (κ1) is 14.9. The van der Waals surface area contributed by atoms with Crippen molar-refractivity contribution in [1.29, 1.82) is 0 Å². The van der Waals surface area contributed by atoms with Gasteiger partial charge in [0.2, 0.25) is 0 Å². The molecule has 1 unspecified atom stereocenters. The maximum Gasteiger partial charge on any atom is 0.270 e. The predicted octanol–water partition coefficient (Wildman–Crippen LogP) is 0.495. The second-order valence-corrected chi connectivity index (χ2v) is 6.57. The maximum atomic E-state index is 12.1. The Morgan fingerprint density at radius 1 is 1.45 bits per heavy atom. The highest BCUT2D eigenvalue weighted by atomic mass is 79.9. The van der Waals surface area contributed by atoms with E-state index in [4.69, 9.17) is 0 Å². The van der Waals surface area contributed by atoms with E-state index in [0.29, 0.717) is 4.31 Å². The number of carbonyl (C=O) groups is 1. The van der Waals surface area contributed by atoms with Gasteiger partial charge in [-0.3, -0.25) is 14.9 Å². The van der Waals surface area contributed by atoms with E-state index >= 15 is 0 Å². The summed E-state index contributed by atoms with van der Waals surface area (Å²) in [6.07, 6.45) is -1.06.